The Morgan fingerprint density at radius 1 is 1.40 bits per heavy atom. The van der Waals surface area contributed by atoms with Gasteiger partial charge in [-0.25, -0.2) is 4.98 Å². The van der Waals surface area contributed by atoms with Gasteiger partial charge in [0.2, 0.25) is 0 Å². The Labute approximate surface area is 152 Å². The van der Waals surface area contributed by atoms with Crippen molar-refractivity contribution in [1.29, 1.82) is 0 Å². The third kappa shape index (κ3) is 4.38. The molecule has 2 heterocycles. The van der Waals surface area contributed by atoms with Gasteiger partial charge in [-0.05, 0) is 38.4 Å². The highest BCUT2D eigenvalue weighted by Gasteiger charge is 2.27. The summed E-state index contributed by atoms with van der Waals surface area (Å²) in [5.74, 6) is 0.755. The van der Waals surface area contributed by atoms with Crippen molar-refractivity contribution in [3.05, 3.63) is 35.3 Å². The normalized spacial score (nSPS) is 18.1. The second-order valence-electron chi connectivity index (χ2n) is 6.17. The van der Waals surface area contributed by atoms with Crippen molar-refractivity contribution in [3.8, 4) is 16.3 Å². The molecule has 0 radical (unpaired) electrons. The van der Waals surface area contributed by atoms with Gasteiger partial charge in [-0.15, -0.1) is 11.3 Å². The van der Waals surface area contributed by atoms with E-state index in [1.807, 2.05) is 31.2 Å². The van der Waals surface area contributed by atoms with Crippen molar-refractivity contribution in [3.63, 3.8) is 0 Å². The SMILES string of the molecule is CCOC(=O)C1CCCN(Cc2csc(-c3ccccc3OC)n2)C1. The van der Waals surface area contributed by atoms with Crippen LogP contribution in [-0.2, 0) is 16.1 Å². The van der Waals surface area contributed by atoms with Crippen LogP contribution in [0.1, 0.15) is 25.5 Å². The first kappa shape index (κ1) is 17.9. The number of esters is 1. The van der Waals surface area contributed by atoms with Gasteiger partial charge in [-0.2, -0.15) is 0 Å². The third-order valence-electron chi connectivity index (χ3n) is 4.40. The largest absolute Gasteiger partial charge is 0.496 e. The number of nitrogens with zero attached hydrogens (tertiary/aromatic N) is 2. The first-order valence-electron chi connectivity index (χ1n) is 8.68. The zero-order chi connectivity index (χ0) is 17.6. The van der Waals surface area contributed by atoms with Crippen molar-refractivity contribution in [2.45, 2.75) is 26.3 Å². The van der Waals surface area contributed by atoms with Gasteiger partial charge < -0.3 is 9.47 Å². The number of methoxy groups -OCH3 is 1. The highest BCUT2D eigenvalue weighted by molar-refractivity contribution is 7.13. The van der Waals surface area contributed by atoms with Gasteiger partial charge in [0.25, 0.3) is 0 Å². The summed E-state index contributed by atoms with van der Waals surface area (Å²) in [6, 6.07) is 7.93. The molecular weight excluding hydrogens is 336 g/mol. The van der Waals surface area contributed by atoms with E-state index in [9.17, 15) is 4.79 Å². The number of hydrogen-bond donors (Lipinski definition) is 0. The lowest BCUT2D eigenvalue weighted by Crippen LogP contribution is -2.39. The van der Waals surface area contributed by atoms with Gasteiger partial charge in [0.05, 0.1) is 30.9 Å². The van der Waals surface area contributed by atoms with Crippen molar-refractivity contribution in [1.82, 2.24) is 9.88 Å². The number of hydrogen-bond acceptors (Lipinski definition) is 6. The molecule has 3 rings (SSSR count). The molecule has 0 N–H and O–H groups in total. The number of benzene rings is 1. The molecule has 2 aromatic rings. The van der Waals surface area contributed by atoms with Crippen LogP contribution in [0.15, 0.2) is 29.6 Å². The zero-order valence-corrected chi connectivity index (χ0v) is 15.6. The van der Waals surface area contributed by atoms with Crippen molar-refractivity contribution < 1.29 is 14.3 Å². The van der Waals surface area contributed by atoms with Gasteiger partial charge in [-0.3, -0.25) is 9.69 Å². The summed E-state index contributed by atoms with van der Waals surface area (Å²) in [5, 5.41) is 3.06. The first-order chi connectivity index (χ1) is 12.2. The molecule has 1 aliphatic rings. The Kier molecular flexibility index (Phi) is 6.04. The molecule has 1 aromatic carbocycles. The Morgan fingerprint density at radius 2 is 2.24 bits per heavy atom. The van der Waals surface area contributed by atoms with Crippen LogP contribution in [-0.4, -0.2) is 42.7 Å². The molecule has 6 heteroatoms. The number of rotatable bonds is 6. The summed E-state index contributed by atoms with van der Waals surface area (Å²) in [6.45, 7) is 4.82. The maximum absolute atomic E-state index is 12.0. The number of para-hydroxylation sites is 1. The molecule has 1 aliphatic heterocycles. The average molecular weight is 360 g/mol. The summed E-state index contributed by atoms with van der Waals surface area (Å²) in [7, 11) is 1.68. The highest BCUT2D eigenvalue weighted by Crippen LogP contribution is 2.32. The average Bonchev–Trinajstić information content (AvgIpc) is 3.10. The lowest BCUT2D eigenvalue weighted by atomic mass is 9.98. The van der Waals surface area contributed by atoms with E-state index in [0.717, 1.165) is 54.5 Å². The molecule has 0 aliphatic carbocycles. The number of ether oxygens (including phenoxy) is 2. The summed E-state index contributed by atoms with van der Waals surface area (Å²) >= 11 is 1.63. The first-order valence-corrected chi connectivity index (χ1v) is 9.56. The molecule has 1 aromatic heterocycles. The molecular formula is C19H24N2O3S. The number of aromatic nitrogens is 1. The van der Waals surface area contributed by atoms with Crippen LogP contribution in [0.3, 0.4) is 0 Å². The Balaban J connectivity index is 1.66. The minimum atomic E-state index is -0.0693. The maximum atomic E-state index is 12.0. The van der Waals surface area contributed by atoms with Gasteiger partial charge >= 0.3 is 5.97 Å². The molecule has 1 fully saturated rings. The van der Waals surface area contributed by atoms with E-state index < -0.39 is 0 Å². The lowest BCUT2D eigenvalue weighted by Gasteiger charge is -2.30. The fourth-order valence-electron chi connectivity index (χ4n) is 3.21. The Hall–Kier alpha value is -1.92. The third-order valence-corrected chi connectivity index (χ3v) is 5.32. The van der Waals surface area contributed by atoms with Gasteiger partial charge in [0.1, 0.15) is 10.8 Å². The molecule has 1 saturated heterocycles. The van der Waals surface area contributed by atoms with Crippen LogP contribution in [0.4, 0.5) is 0 Å². The van der Waals surface area contributed by atoms with Crippen LogP contribution < -0.4 is 4.74 Å². The zero-order valence-electron chi connectivity index (χ0n) is 14.7. The van der Waals surface area contributed by atoms with E-state index in [-0.39, 0.29) is 11.9 Å². The lowest BCUT2D eigenvalue weighted by molar-refractivity contribution is -0.150. The van der Waals surface area contributed by atoms with E-state index in [2.05, 4.69) is 10.3 Å². The fourth-order valence-corrected chi connectivity index (χ4v) is 4.05. The Morgan fingerprint density at radius 3 is 3.04 bits per heavy atom. The second kappa shape index (κ2) is 8.45. The maximum Gasteiger partial charge on any atom is 0.310 e. The molecule has 0 amide bonds. The number of carbonyl (C=O) groups is 1. The number of piperidine rings is 1. The smallest absolute Gasteiger partial charge is 0.310 e. The molecule has 0 bridgehead atoms. The van der Waals surface area contributed by atoms with E-state index in [0.29, 0.717) is 6.61 Å². The standard InChI is InChI=1S/C19H24N2O3S/c1-3-24-19(22)14-7-6-10-21(11-14)12-15-13-25-18(20-15)16-8-4-5-9-17(16)23-2/h4-5,8-9,13-14H,3,6-7,10-12H2,1-2H3. The monoisotopic (exact) mass is 360 g/mol. The quantitative estimate of drug-likeness (QED) is 0.737. The van der Waals surface area contributed by atoms with Gasteiger partial charge in [0, 0.05) is 18.5 Å². The topological polar surface area (TPSA) is 51.7 Å². The molecule has 1 unspecified atom stereocenters. The van der Waals surface area contributed by atoms with E-state index >= 15 is 0 Å². The van der Waals surface area contributed by atoms with Crippen molar-refractivity contribution in [2.75, 3.05) is 26.8 Å². The molecule has 0 spiro atoms. The van der Waals surface area contributed by atoms with Gasteiger partial charge in [0.15, 0.2) is 0 Å². The number of thiazole rings is 1. The molecule has 134 valence electrons. The predicted molar refractivity (Wildman–Crippen MR) is 98.7 cm³/mol. The van der Waals surface area contributed by atoms with Crippen LogP contribution in [0.5, 0.6) is 5.75 Å². The molecule has 5 nitrogen and oxygen atoms in total. The summed E-state index contributed by atoms with van der Waals surface area (Å²) in [6.07, 6.45) is 1.94. The van der Waals surface area contributed by atoms with Crippen molar-refractivity contribution >= 4 is 17.3 Å². The van der Waals surface area contributed by atoms with Gasteiger partial charge in [-0.1, -0.05) is 12.1 Å². The van der Waals surface area contributed by atoms with Crippen LogP contribution in [0, 0.1) is 5.92 Å². The molecule has 1 atom stereocenters. The summed E-state index contributed by atoms with van der Waals surface area (Å²) < 4.78 is 10.6. The summed E-state index contributed by atoms with van der Waals surface area (Å²) in [4.78, 5) is 19.0. The molecule has 0 saturated carbocycles. The number of likely N-dealkylation sites (tertiary alicyclic amines) is 1. The van der Waals surface area contributed by atoms with E-state index in [4.69, 9.17) is 14.5 Å². The second-order valence-corrected chi connectivity index (χ2v) is 7.03. The fraction of sp³-hybridized carbons (Fsp3) is 0.474. The minimum Gasteiger partial charge on any atom is -0.496 e. The minimum absolute atomic E-state index is 0.0129. The predicted octanol–water partition coefficient (Wildman–Crippen LogP) is 3.59. The molecule has 25 heavy (non-hydrogen) atoms. The van der Waals surface area contributed by atoms with Crippen LogP contribution in [0.2, 0.25) is 0 Å². The van der Waals surface area contributed by atoms with E-state index in [1.165, 1.54) is 0 Å². The van der Waals surface area contributed by atoms with Crippen LogP contribution >= 0.6 is 11.3 Å². The van der Waals surface area contributed by atoms with Crippen LogP contribution in [0.25, 0.3) is 10.6 Å². The summed E-state index contributed by atoms with van der Waals surface area (Å²) in [5.41, 5.74) is 2.06. The van der Waals surface area contributed by atoms with E-state index in [1.54, 1.807) is 18.4 Å². The number of carbonyl (C=O) groups excluding carboxylic acids is 1. The highest BCUT2D eigenvalue weighted by atomic mass is 32.1. The Bertz CT molecular complexity index is 716. The van der Waals surface area contributed by atoms with Crippen molar-refractivity contribution in [2.24, 2.45) is 5.92 Å².